The van der Waals surface area contributed by atoms with Crippen LogP contribution in [0.4, 0.5) is 4.39 Å². The number of carbonyl (C=O) groups is 2. The predicted molar refractivity (Wildman–Crippen MR) is 172 cm³/mol. The first-order valence-electron chi connectivity index (χ1n) is 15.4. The molecule has 3 N–H and O–H groups in total. The molecule has 1 aliphatic carbocycles. The number of morpholine rings is 1. The number of hydrogen-bond acceptors (Lipinski definition) is 9. The van der Waals surface area contributed by atoms with Crippen molar-refractivity contribution in [3.63, 3.8) is 0 Å². The van der Waals surface area contributed by atoms with E-state index in [1.807, 2.05) is 31.2 Å². The summed E-state index contributed by atoms with van der Waals surface area (Å²) in [6.07, 6.45) is 3.73. The van der Waals surface area contributed by atoms with Gasteiger partial charge in [-0.1, -0.05) is 18.2 Å². The molecule has 6 rings (SSSR count). The van der Waals surface area contributed by atoms with E-state index in [4.69, 9.17) is 9.47 Å². The first-order chi connectivity index (χ1) is 22.3. The highest BCUT2D eigenvalue weighted by molar-refractivity contribution is 7.09. The Bertz CT molecular complexity index is 1700. The summed E-state index contributed by atoms with van der Waals surface area (Å²) in [6, 6.07) is 13.7. The average molecular weight is 646 g/mol. The smallest absolute Gasteiger partial charge is 0.270 e. The lowest BCUT2D eigenvalue weighted by molar-refractivity contribution is 0.0342. The predicted octanol–water partition coefficient (Wildman–Crippen LogP) is 5.45. The summed E-state index contributed by atoms with van der Waals surface area (Å²) in [5.41, 5.74) is 3.19. The number of amides is 2. The number of thiazole rings is 1. The van der Waals surface area contributed by atoms with Crippen molar-refractivity contribution in [1.29, 1.82) is 0 Å². The number of aromatic nitrogens is 2. The first-order valence-corrected chi connectivity index (χ1v) is 16.3. The third-order valence-corrected chi connectivity index (χ3v) is 9.03. The number of phenolic OH excluding ortho intramolecular Hbond substituents is 1. The Morgan fingerprint density at radius 1 is 1.04 bits per heavy atom. The van der Waals surface area contributed by atoms with Crippen LogP contribution in [0.2, 0.25) is 0 Å². The number of phenols is 1. The van der Waals surface area contributed by atoms with Crippen LogP contribution in [0.15, 0.2) is 60.1 Å². The summed E-state index contributed by atoms with van der Waals surface area (Å²) < 4.78 is 25.9. The molecule has 240 valence electrons. The van der Waals surface area contributed by atoms with Gasteiger partial charge in [0.15, 0.2) is 0 Å². The summed E-state index contributed by atoms with van der Waals surface area (Å²) in [5, 5.41) is 18.8. The number of pyridine rings is 1. The molecule has 2 aromatic heterocycles. The fourth-order valence-corrected chi connectivity index (χ4v) is 6.47. The Kier molecular flexibility index (Phi) is 9.86. The summed E-state index contributed by atoms with van der Waals surface area (Å²) in [6.45, 7) is 5.48. The topological polar surface area (TPSA) is 126 Å². The van der Waals surface area contributed by atoms with Crippen molar-refractivity contribution in [3.05, 3.63) is 87.8 Å². The van der Waals surface area contributed by atoms with Gasteiger partial charge < -0.3 is 25.2 Å². The average Bonchev–Trinajstić information content (AvgIpc) is 3.50. The van der Waals surface area contributed by atoms with E-state index in [0.717, 1.165) is 47.1 Å². The van der Waals surface area contributed by atoms with Crippen LogP contribution in [0, 0.1) is 12.7 Å². The number of benzene rings is 2. The van der Waals surface area contributed by atoms with Crippen LogP contribution in [0.1, 0.15) is 57.1 Å². The highest BCUT2D eigenvalue weighted by Gasteiger charge is 2.26. The van der Waals surface area contributed by atoms with Crippen LogP contribution >= 0.6 is 11.3 Å². The minimum atomic E-state index is -0.646. The maximum Gasteiger partial charge on any atom is 0.270 e. The quantitative estimate of drug-likeness (QED) is 0.219. The Balaban J connectivity index is 1.12. The fourth-order valence-electron chi connectivity index (χ4n) is 5.87. The molecule has 4 aromatic rings. The second kappa shape index (κ2) is 14.4. The Labute approximate surface area is 270 Å². The number of carbonyl (C=O) groups excluding carboxylic acids is 2. The van der Waals surface area contributed by atoms with Gasteiger partial charge in [-0.05, 0) is 79.6 Å². The number of hydrogen-bond donors (Lipinski definition) is 3. The maximum absolute atomic E-state index is 14.3. The highest BCUT2D eigenvalue weighted by Crippen LogP contribution is 2.33. The molecule has 1 saturated carbocycles. The zero-order valence-electron chi connectivity index (χ0n) is 25.5. The van der Waals surface area contributed by atoms with E-state index in [9.17, 15) is 19.1 Å². The van der Waals surface area contributed by atoms with Crippen molar-refractivity contribution in [1.82, 2.24) is 25.5 Å². The van der Waals surface area contributed by atoms with Crippen molar-refractivity contribution in [2.75, 3.05) is 26.3 Å². The van der Waals surface area contributed by atoms with Crippen molar-refractivity contribution in [2.24, 2.45) is 0 Å². The summed E-state index contributed by atoms with van der Waals surface area (Å²) in [5.74, 6) is -0.694. The number of aryl methyl sites for hydroxylation is 1. The molecule has 12 heteroatoms. The van der Waals surface area contributed by atoms with Gasteiger partial charge in [0.2, 0.25) is 5.88 Å². The van der Waals surface area contributed by atoms with E-state index in [1.54, 1.807) is 23.6 Å². The van der Waals surface area contributed by atoms with Crippen molar-refractivity contribution in [2.45, 2.75) is 51.2 Å². The summed E-state index contributed by atoms with van der Waals surface area (Å²) in [7, 11) is 0. The Hall–Kier alpha value is -4.39. The lowest BCUT2D eigenvalue weighted by atomic mass is 9.91. The van der Waals surface area contributed by atoms with Crippen LogP contribution in [0.25, 0.3) is 11.1 Å². The molecule has 0 radical (unpaired) electrons. The van der Waals surface area contributed by atoms with Gasteiger partial charge in [0.05, 0.1) is 24.4 Å². The largest absolute Gasteiger partial charge is 0.508 e. The van der Waals surface area contributed by atoms with Gasteiger partial charge in [-0.2, -0.15) is 0 Å². The lowest BCUT2D eigenvalue weighted by Gasteiger charge is -2.29. The zero-order valence-corrected chi connectivity index (χ0v) is 26.3. The third-order valence-electron chi connectivity index (χ3n) is 8.26. The molecule has 0 bridgehead atoms. The van der Waals surface area contributed by atoms with Crippen LogP contribution < -0.4 is 15.4 Å². The van der Waals surface area contributed by atoms with Gasteiger partial charge in [-0.15, -0.1) is 11.3 Å². The number of nitrogens with zero attached hydrogens (tertiary/aromatic N) is 3. The van der Waals surface area contributed by atoms with Gasteiger partial charge in [0, 0.05) is 37.1 Å². The molecule has 2 amide bonds. The molecule has 0 unspecified atom stereocenters. The highest BCUT2D eigenvalue weighted by atomic mass is 32.1. The molecule has 0 spiro atoms. The Morgan fingerprint density at radius 2 is 1.78 bits per heavy atom. The standard InChI is InChI=1S/C34H36FN5O5S/c1-21-37-31(20-46-21)33(43)39-26-7-5-25(6-8-26)38-32(42)30-17-24(35)18-36-34(30)45-28-4-2-3-22(16-28)29-10-9-27(41)15-23(29)19-40-11-13-44-14-12-40/h2-4,9-10,15-18,20,25-26,41H,5-8,11-14,19H2,1H3,(H,38,42)(H,39,43). The monoisotopic (exact) mass is 645 g/mol. The maximum atomic E-state index is 14.3. The molecule has 46 heavy (non-hydrogen) atoms. The van der Waals surface area contributed by atoms with Crippen LogP contribution in [0.5, 0.6) is 17.4 Å². The fraction of sp³-hybridized carbons (Fsp3) is 0.353. The van der Waals surface area contributed by atoms with Gasteiger partial charge in [-0.3, -0.25) is 14.5 Å². The van der Waals surface area contributed by atoms with Crippen LogP contribution in [-0.4, -0.2) is 70.2 Å². The van der Waals surface area contributed by atoms with E-state index >= 15 is 0 Å². The summed E-state index contributed by atoms with van der Waals surface area (Å²) in [4.78, 5) is 36.5. The van der Waals surface area contributed by atoms with Gasteiger partial charge in [0.1, 0.15) is 28.6 Å². The molecule has 1 aliphatic heterocycles. The Morgan fingerprint density at radius 3 is 2.50 bits per heavy atom. The zero-order chi connectivity index (χ0) is 32.0. The van der Waals surface area contributed by atoms with Crippen molar-refractivity contribution < 1.29 is 28.6 Å². The van der Waals surface area contributed by atoms with Gasteiger partial charge >= 0.3 is 0 Å². The van der Waals surface area contributed by atoms with E-state index in [-0.39, 0.29) is 35.2 Å². The molecule has 2 fully saturated rings. The number of nitrogens with one attached hydrogen (secondary N) is 2. The number of rotatable bonds is 9. The lowest BCUT2D eigenvalue weighted by Crippen LogP contribution is -2.44. The minimum Gasteiger partial charge on any atom is -0.508 e. The molecular formula is C34H36FN5O5S. The van der Waals surface area contributed by atoms with Crippen LogP contribution in [0.3, 0.4) is 0 Å². The van der Waals surface area contributed by atoms with E-state index in [0.29, 0.717) is 56.9 Å². The molecule has 10 nitrogen and oxygen atoms in total. The van der Waals surface area contributed by atoms with Crippen molar-refractivity contribution >= 4 is 23.2 Å². The van der Waals surface area contributed by atoms with Crippen LogP contribution in [-0.2, 0) is 11.3 Å². The van der Waals surface area contributed by atoms with Gasteiger partial charge in [0.25, 0.3) is 11.8 Å². The SMILES string of the molecule is Cc1nc(C(=O)NC2CCC(NC(=O)c3cc(F)cnc3Oc3cccc(-c4ccc(O)cc4CN4CCOCC4)c3)CC2)cs1. The van der Waals surface area contributed by atoms with E-state index in [1.165, 1.54) is 11.3 Å². The molecule has 0 atom stereocenters. The summed E-state index contributed by atoms with van der Waals surface area (Å²) >= 11 is 1.43. The second-order valence-electron chi connectivity index (χ2n) is 11.6. The molecule has 1 saturated heterocycles. The number of ether oxygens (including phenoxy) is 2. The molecular weight excluding hydrogens is 609 g/mol. The third kappa shape index (κ3) is 7.87. The van der Waals surface area contributed by atoms with Crippen molar-refractivity contribution in [3.8, 4) is 28.5 Å². The first kappa shape index (κ1) is 31.6. The normalized spacial score (nSPS) is 18.6. The minimum absolute atomic E-state index is 0.00243. The molecule has 3 heterocycles. The number of halogens is 1. The van der Waals surface area contributed by atoms with E-state index in [2.05, 4.69) is 25.5 Å². The van der Waals surface area contributed by atoms with E-state index < -0.39 is 11.7 Å². The van der Waals surface area contributed by atoms with Gasteiger partial charge in [-0.25, -0.2) is 14.4 Å². The second-order valence-corrected chi connectivity index (χ2v) is 12.7. The molecule has 2 aliphatic rings. The molecule has 2 aromatic carbocycles. The number of aromatic hydroxyl groups is 1.